The molecule has 5 rings (SSSR count). The number of rotatable bonds is 8. The van der Waals surface area contributed by atoms with E-state index in [1.54, 1.807) is 11.0 Å². The maximum Gasteiger partial charge on any atom is 0.266 e. The SMILES string of the molecule is C=CCN1C(=O)C(=Cc2cn(-c3ccccc3)nc2-c2ccc(OCc3ccccc3Cl)cc2)SC1=S. The Balaban J connectivity index is 1.46. The second-order valence-electron chi connectivity index (χ2n) is 8.20. The summed E-state index contributed by atoms with van der Waals surface area (Å²) in [5, 5.41) is 5.53. The molecule has 1 fully saturated rings. The van der Waals surface area contributed by atoms with Gasteiger partial charge in [-0.15, -0.1) is 6.58 Å². The van der Waals surface area contributed by atoms with E-state index in [-0.39, 0.29) is 5.91 Å². The zero-order valence-electron chi connectivity index (χ0n) is 19.7. The number of carbonyl (C=O) groups excluding carboxylic acids is 1. The molecule has 0 spiro atoms. The highest BCUT2D eigenvalue weighted by Gasteiger charge is 2.31. The van der Waals surface area contributed by atoms with Gasteiger partial charge in [-0.2, -0.15) is 5.10 Å². The lowest BCUT2D eigenvalue weighted by molar-refractivity contribution is -0.121. The van der Waals surface area contributed by atoms with E-state index >= 15 is 0 Å². The molecular formula is C29H22ClN3O2S2. The molecule has 1 aliphatic heterocycles. The molecule has 1 aliphatic rings. The van der Waals surface area contributed by atoms with Crippen molar-refractivity contribution in [3.63, 3.8) is 0 Å². The van der Waals surface area contributed by atoms with Crippen LogP contribution in [0.2, 0.25) is 5.02 Å². The maximum absolute atomic E-state index is 12.9. The van der Waals surface area contributed by atoms with Crippen LogP contribution < -0.4 is 4.74 Å². The molecule has 0 bridgehead atoms. The first kappa shape index (κ1) is 25.0. The molecule has 0 N–H and O–H groups in total. The van der Waals surface area contributed by atoms with Crippen molar-refractivity contribution in [1.29, 1.82) is 0 Å². The van der Waals surface area contributed by atoms with Gasteiger partial charge in [0.05, 0.1) is 16.3 Å². The van der Waals surface area contributed by atoms with Gasteiger partial charge in [0.25, 0.3) is 5.91 Å². The largest absolute Gasteiger partial charge is 0.489 e. The van der Waals surface area contributed by atoms with Crippen LogP contribution in [0.1, 0.15) is 11.1 Å². The van der Waals surface area contributed by atoms with Gasteiger partial charge in [0.1, 0.15) is 16.7 Å². The number of benzene rings is 3. The van der Waals surface area contributed by atoms with E-state index in [4.69, 9.17) is 33.7 Å². The third-order valence-electron chi connectivity index (χ3n) is 5.72. The quantitative estimate of drug-likeness (QED) is 0.134. The van der Waals surface area contributed by atoms with E-state index < -0.39 is 0 Å². The number of hydrogen-bond donors (Lipinski definition) is 0. The summed E-state index contributed by atoms with van der Waals surface area (Å²) in [5.41, 5.74) is 4.30. The molecule has 3 aromatic carbocycles. The van der Waals surface area contributed by atoms with E-state index in [9.17, 15) is 4.79 Å². The highest BCUT2D eigenvalue weighted by Crippen LogP contribution is 2.35. The van der Waals surface area contributed by atoms with Crippen molar-refractivity contribution < 1.29 is 9.53 Å². The molecule has 37 heavy (non-hydrogen) atoms. The number of halogens is 1. The number of ether oxygens (including phenoxy) is 1. The number of aromatic nitrogens is 2. The Kier molecular flexibility index (Phi) is 7.55. The summed E-state index contributed by atoms with van der Waals surface area (Å²) in [6, 6.07) is 25.2. The number of para-hydroxylation sites is 1. The van der Waals surface area contributed by atoms with Gasteiger partial charge < -0.3 is 4.74 Å². The van der Waals surface area contributed by atoms with Crippen molar-refractivity contribution in [2.75, 3.05) is 6.54 Å². The molecule has 2 heterocycles. The molecule has 0 atom stereocenters. The minimum absolute atomic E-state index is 0.128. The van der Waals surface area contributed by atoms with Crippen LogP contribution in [0.25, 0.3) is 23.0 Å². The molecule has 8 heteroatoms. The van der Waals surface area contributed by atoms with Gasteiger partial charge in [-0.05, 0) is 48.5 Å². The highest BCUT2D eigenvalue weighted by atomic mass is 35.5. The molecule has 0 aliphatic carbocycles. The number of carbonyl (C=O) groups is 1. The summed E-state index contributed by atoms with van der Waals surface area (Å²) in [7, 11) is 0. The molecule has 1 aromatic heterocycles. The Morgan fingerprint density at radius 2 is 1.76 bits per heavy atom. The average Bonchev–Trinajstić information content (AvgIpc) is 3.46. The third kappa shape index (κ3) is 5.54. The van der Waals surface area contributed by atoms with Crippen molar-refractivity contribution in [2.24, 2.45) is 0 Å². The van der Waals surface area contributed by atoms with E-state index in [2.05, 4.69) is 6.58 Å². The van der Waals surface area contributed by atoms with Crippen LogP contribution in [0, 0.1) is 0 Å². The molecule has 0 unspecified atom stereocenters. The summed E-state index contributed by atoms with van der Waals surface area (Å²) < 4.78 is 8.27. The summed E-state index contributed by atoms with van der Waals surface area (Å²) in [5.74, 6) is 0.592. The van der Waals surface area contributed by atoms with Gasteiger partial charge in [0.15, 0.2) is 0 Å². The van der Waals surface area contributed by atoms with Crippen LogP contribution >= 0.6 is 35.6 Å². The monoisotopic (exact) mass is 543 g/mol. The Bertz CT molecular complexity index is 1500. The van der Waals surface area contributed by atoms with Crippen LogP contribution in [-0.4, -0.2) is 31.5 Å². The topological polar surface area (TPSA) is 47.4 Å². The Morgan fingerprint density at radius 1 is 1.03 bits per heavy atom. The van der Waals surface area contributed by atoms with E-state index in [0.29, 0.717) is 27.4 Å². The predicted molar refractivity (Wildman–Crippen MR) is 155 cm³/mol. The van der Waals surface area contributed by atoms with Crippen LogP contribution in [0.15, 0.2) is 103 Å². The number of thioether (sulfide) groups is 1. The van der Waals surface area contributed by atoms with E-state index in [1.165, 1.54) is 11.8 Å². The van der Waals surface area contributed by atoms with Gasteiger partial charge in [-0.1, -0.05) is 78.1 Å². The normalized spacial score (nSPS) is 14.4. The molecule has 5 nitrogen and oxygen atoms in total. The Labute approximate surface area is 230 Å². The molecule has 1 amide bonds. The molecule has 0 radical (unpaired) electrons. The lowest BCUT2D eigenvalue weighted by Gasteiger charge is -2.10. The lowest BCUT2D eigenvalue weighted by atomic mass is 10.1. The fourth-order valence-corrected chi connectivity index (χ4v) is 5.30. The second kappa shape index (κ2) is 11.2. The van der Waals surface area contributed by atoms with Crippen LogP contribution in [0.3, 0.4) is 0 Å². The summed E-state index contributed by atoms with van der Waals surface area (Å²) in [4.78, 5) is 15.0. The fourth-order valence-electron chi connectivity index (χ4n) is 3.84. The van der Waals surface area contributed by atoms with Crippen molar-refractivity contribution in [1.82, 2.24) is 14.7 Å². The number of hydrogen-bond acceptors (Lipinski definition) is 5. The Hall–Kier alpha value is -3.65. The maximum atomic E-state index is 12.9. The van der Waals surface area contributed by atoms with Crippen molar-refractivity contribution in [3.05, 3.63) is 119 Å². The molecular weight excluding hydrogens is 522 g/mol. The van der Waals surface area contributed by atoms with Gasteiger partial charge in [0, 0.05) is 34.5 Å². The number of amides is 1. The van der Waals surface area contributed by atoms with Gasteiger partial charge in [-0.3, -0.25) is 9.69 Å². The van der Waals surface area contributed by atoms with E-state index in [0.717, 1.165) is 33.8 Å². The molecule has 184 valence electrons. The first-order chi connectivity index (χ1) is 18.0. The minimum atomic E-state index is -0.128. The van der Waals surface area contributed by atoms with Crippen molar-refractivity contribution in [3.8, 4) is 22.7 Å². The standard InChI is InChI=1S/C29H22ClN3O2S2/c1-2-16-32-28(34)26(37-29(32)36)17-22-18-33(23-9-4-3-5-10-23)31-27(22)20-12-14-24(15-13-20)35-19-21-8-6-7-11-25(21)30/h2-15,17-18H,1,16,19H2. The Morgan fingerprint density at radius 3 is 2.49 bits per heavy atom. The first-order valence-corrected chi connectivity index (χ1v) is 13.1. The van der Waals surface area contributed by atoms with Gasteiger partial charge in [0.2, 0.25) is 0 Å². The zero-order valence-corrected chi connectivity index (χ0v) is 22.1. The van der Waals surface area contributed by atoms with Gasteiger partial charge >= 0.3 is 0 Å². The molecule has 1 saturated heterocycles. The fraction of sp³-hybridized carbons (Fsp3) is 0.0690. The van der Waals surface area contributed by atoms with Crippen LogP contribution in [0.4, 0.5) is 0 Å². The second-order valence-corrected chi connectivity index (χ2v) is 10.3. The first-order valence-electron chi connectivity index (χ1n) is 11.5. The molecule has 4 aromatic rings. The summed E-state index contributed by atoms with van der Waals surface area (Å²) in [6.07, 6.45) is 5.44. The van der Waals surface area contributed by atoms with E-state index in [1.807, 2.05) is 95.8 Å². The van der Waals surface area contributed by atoms with Crippen LogP contribution in [0.5, 0.6) is 5.75 Å². The third-order valence-corrected chi connectivity index (χ3v) is 7.46. The smallest absolute Gasteiger partial charge is 0.266 e. The lowest BCUT2D eigenvalue weighted by Crippen LogP contribution is -2.27. The van der Waals surface area contributed by atoms with Crippen molar-refractivity contribution in [2.45, 2.75) is 6.61 Å². The molecule has 0 saturated carbocycles. The summed E-state index contributed by atoms with van der Waals surface area (Å²) >= 11 is 12.9. The van der Waals surface area contributed by atoms with Crippen molar-refractivity contribution >= 4 is 51.9 Å². The number of nitrogens with zero attached hydrogens (tertiary/aromatic N) is 3. The van der Waals surface area contributed by atoms with Gasteiger partial charge in [-0.25, -0.2) is 4.68 Å². The zero-order chi connectivity index (χ0) is 25.8. The predicted octanol–water partition coefficient (Wildman–Crippen LogP) is 7.16. The number of thiocarbonyl (C=S) groups is 1. The summed E-state index contributed by atoms with van der Waals surface area (Å²) in [6.45, 7) is 4.48. The highest BCUT2D eigenvalue weighted by molar-refractivity contribution is 8.26. The van der Waals surface area contributed by atoms with Crippen LogP contribution in [-0.2, 0) is 11.4 Å². The average molecular weight is 544 g/mol. The minimum Gasteiger partial charge on any atom is -0.489 e.